The fourth-order valence-corrected chi connectivity index (χ4v) is 2.65. The molecule has 0 saturated heterocycles. The number of aliphatic carboxylic acids is 2. The molecule has 3 N–H and O–H groups in total. The van der Waals surface area contributed by atoms with Gasteiger partial charge in [0.05, 0.1) is 0 Å². The zero-order valence-corrected chi connectivity index (χ0v) is 17.0. The first-order chi connectivity index (χ1) is 12.4. The Labute approximate surface area is 224 Å². The van der Waals surface area contributed by atoms with Crippen LogP contribution >= 0.6 is 0 Å². The summed E-state index contributed by atoms with van der Waals surface area (Å²) in [7, 11) is 0. The van der Waals surface area contributed by atoms with Gasteiger partial charge in [0.25, 0.3) is 0 Å². The molecule has 0 spiro atoms. The summed E-state index contributed by atoms with van der Waals surface area (Å²) in [5.74, 6) is -1.84. The Balaban J connectivity index is -0.000000312. The Bertz CT molecular complexity index is 328. The summed E-state index contributed by atoms with van der Waals surface area (Å²) in [6.07, 6.45) is 19.0. The van der Waals surface area contributed by atoms with E-state index in [-0.39, 0.29) is 67.3 Å². The number of aliphatic hydroxyl groups excluding tert-OH is 1. The minimum atomic E-state index is -1.23. The van der Waals surface area contributed by atoms with Crippen LogP contribution in [0.1, 0.15) is 117 Å². The molecule has 0 aromatic heterocycles. The van der Waals surface area contributed by atoms with Crippen LogP contribution in [-0.4, -0.2) is 101 Å². The molecule has 0 aromatic carbocycles. The third kappa shape index (κ3) is 37.8. The Hall–Kier alpha value is 1.16. The number of rotatable bonds is 17. The zero-order chi connectivity index (χ0) is 20.0. The van der Waals surface area contributed by atoms with Crippen molar-refractivity contribution in [3.63, 3.8) is 0 Å². The van der Waals surface area contributed by atoms with Gasteiger partial charge in [-0.3, -0.25) is 4.79 Å². The second-order valence-electron chi connectivity index (χ2n) is 7.11. The van der Waals surface area contributed by atoms with Crippen LogP contribution in [0.25, 0.3) is 0 Å². The predicted molar refractivity (Wildman–Crippen MR) is 122 cm³/mol. The van der Waals surface area contributed by atoms with Gasteiger partial charge in [0.1, 0.15) is 6.10 Å². The van der Waals surface area contributed by atoms with Gasteiger partial charge in [-0.15, -0.1) is 0 Å². The Kier molecular flexibility index (Phi) is 39.6. The molecule has 1 atom stereocenters. The van der Waals surface area contributed by atoms with Crippen molar-refractivity contribution in [2.24, 2.45) is 0 Å². The summed E-state index contributed by atoms with van der Waals surface area (Å²) in [6, 6.07) is 0. The second-order valence-corrected chi connectivity index (χ2v) is 7.11. The molecular weight excluding hydrogens is 395 g/mol. The SMILES string of the molecule is CC(O)C(=O)O.CCCCCCCCCCCCCCCCCC(=O)O.[CaH2].[NaH]. The summed E-state index contributed by atoms with van der Waals surface area (Å²) in [5.41, 5.74) is 0. The van der Waals surface area contributed by atoms with Crippen LogP contribution in [0.2, 0.25) is 0 Å². The normalized spacial score (nSPS) is 10.7. The van der Waals surface area contributed by atoms with Gasteiger partial charge in [0.2, 0.25) is 0 Å². The standard InChI is InChI=1S/C18H36O2.C3H6O3.Ca.Na.3H/c1-2-3-4-5-6-7-8-9-10-11-12-13-14-15-16-17-18(19)20;1-2(4)3(5)6;;;;;/h2-17H2,1H3,(H,19,20);2,4H,1H3,(H,5,6);;;;;. The van der Waals surface area contributed by atoms with Crippen molar-refractivity contribution in [2.75, 3.05) is 0 Å². The van der Waals surface area contributed by atoms with Crippen molar-refractivity contribution in [3.8, 4) is 0 Å². The summed E-state index contributed by atoms with van der Waals surface area (Å²) >= 11 is 0. The topological polar surface area (TPSA) is 94.8 Å². The summed E-state index contributed by atoms with van der Waals surface area (Å²) in [5, 5.41) is 24.3. The molecule has 5 nitrogen and oxygen atoms in total. The number of hydrogen-bond acceptors (Lipinski definition) is 3. The van der Waals surface area contributed by atoms with Crippen LogP contribution in [0.15, 0.2) is 0 Å². The summed E-state index contributed by atoms with van der Waals surface area (Å²) < 4.78 is 0. The van der Waals surface area contributed by atoms with E-state index in [1.165, 1.54) is 90.4 Å². The van der Waals surface area contributed by atoms with Gasteiger partial charge in [0, 0.05) is 6.42 Å². The average Bonchev–Trinajstić information content (AvgIpc) is 2.58. The fourth-order valence-electron chi connectivity index (χ4n) is 2.65. The molecular formula is C21H45CaNaO5. The molecule has 162 valence electrons. The van der Waals surface area contributed by atoms with E-state index in [2.05, 4.69) is 6.92 Å². The molecule has 0 rings (SSSR count). The van der Waals surface area contributed by atoms with E-state index in [1.54, 1.807) is 0 Å². The number of carbonyl (C=O) groups is 2. The predicted octanol–water partition coefficient (Wildman–Crippen LogP) is 4.22. The second kappa shape index (κ2) is 30.4. The average molecular weight is 441 g/mol. The monoisotopic (exact) mass is 440 g/mol. The maximum atomic E-state index is 10.3. The number of carboxylic acid groups (broad SMARTS) is 2. The number of hydrogen-bond donors (Lipinski definition) is 3. The molecule has 0 fully saturated rings. The molecule has 0 radical (unpaired) electrons. The number of carboxylic acids is 2. The van der Waals surface area contributed by atoms with Crippen molar-refractivity contribution >= 4 is 79.2 Å². The number of unbranched alkanes of at least 4 members (excludes halogenated alkanes) is 14. The van der Waals surface area contributed by atoms with Gasteiger partial charge in [-0.25, -0.2) is 4.79 Å². The molecule has 1 unspecified atom stereocenters. The van der Waals surface area contributed by atoms with Crippen molar-refractivity contribution in [1.82, 2.24) is 0 Å². The first-order valence-electron chi connectivity index (χ1n) is 10.5. The Morgan fingerprint density at radius 2 is 0.929 bits per heavy atom. The molecule has 0 heterocycles. The quantitative estimate of drug-likeness (QED) is 0.232. The molecule has 0 saturated carbocycles. The molecule has 7 heteroatoms. The Morgan fingerprint density at radius 3 is 1.14 bits per heavy atom. The van der Waals surface area contributed by atoms with Crippen LogP contribution in [0, 0.1) is 0 Å². The molecule has 0 amide bonds. The van der Waals surface area contributed by atoms with Crippen LogP contribution in [0.5, 0.6) is 0 Å². The maximum absolute atomic E-state index is 10.3. The van der Waals surface area contributed by atoms with E-state index < -0.39 is 18.0 Å². The number of aliphatic hydroxyl groups is 1. The fraction of sp³-hybridized carbons (Fsp3) is 0.905. The van der Waals surface area contributed by atoms with Gasteiger partial charge < -0.3 is 15.3 Å². The first kappa shape index (κ1) is 36.5. The van der Waals surface area contributed by atoms with Crippen molar-refractivity contribution < 1.29 is 24.9 Å². The molecule has 0 aliphatic heterocycles. The van der Waals surface area contributed by atoms with Crippen molar-refractivity contribution in [3.05, 3.63) is 0 Å². The molecule has 0 aliphatic carbocycles. The minimum absolute atomic E-state index is 0. The van der Waals surface area contributed by atoms with Gasteiger partial charge in [-0.05, 0) is 13.3 Å². The summed E-state index contributed by atoms with van der Waals surface area (Å²) in [4.78, 5) is 19.8. The third-order valence-corrected chi connectivity index (χ3v) is 4.35. The van der Waals surface area contributed by atoms with E-state index in [1.807, 2.05) is 0 Å². The van der Waals surface area contributed by atoms with E-state index in [4.69, 9.17) is 15.3 Å². The van der Waals surface area contributed by atoms with Crippen molar-refractivity contribution in [2.45, 2.75) is 123 Å². The molecule has 28 heavy (non-hydrogen) atoms. The van der Waals surface area contributed by atoms with E-state index in [0.717, 1.165) is 12.8 Å². The molecule has 0 bridgehead atoms. The van der Waals surface area contributed by atoms with E-state index in [9.17, 15) is 9.59 Å². The third-order valence-electron chi connectivity index (χ3n) is 4.35. The summed E-state index contributed by atoms with van der Waals surface area (Å²) in [6.45, 7) is 3.47. The van der Waals surface area contributed by atoms with Gasteiger partial charge in [-0.1, -0.05) is 96.8 Å². The van der Waals surface area contributed by atoms with E-state index >= 15 is 0 Å². The van der Waals surface area contributed by atoms with E-state index in [0.29, 0.717) is 6.42 Å². The van der Waals surface area contributed by atoms with Crippen LogP contribution < -0.4 is 0 Å². The zero-order valence-electron chi connectivity index (χ0n) is 17.0. The van der Waals surface area contributed by atoms with Crippen LogP contribution in [0.4, 0.5) is 0 Å². The van der Waals surface area contributed by atoms with Gasteiger partial charge in [-0.2, -0.15) is 0 Å². The van der Waals surface area contributed by atoms with Crippen LogP contribution in [-0.2, 0) is 9.59 Å². The molecule has 0 aromatic rings. The van der Waals surface area contributed by atoms with Crippen molar-refractivity contribution in [1.29, 1.82) is 0 Å². The molecule has 0 aliphatic rings. The van der Waals surface area contributed by atoms with Gasteiger partial charge >= 0.3 is 79.2 Å². The van der Waals surface area contributed by atoms with Crippen LogP contribution in [0.3, 0.4) is 0 Å². The Morgan fingerprint density at radius 1 is 0.679 bits per heavy atom. The first-order valence-corrected chi connectivity index (χ1v) is 10.5. The van der Waals surface area contributed by atoms with Gasteiger partial charge in [0.15, 0.2) is 0 Å².